The van der Waals surface area contributed by atoms with Gasteiger partial charge in [0.2, 0.25) is 0 Å². The number of benzene rings is 1. The molecule has 134 valence electrons. The molecule has 4 aromatic rings. The van der Waals surface area contributed by atoms with Gasteiger partial charge in [0.15, 0.2) is 10.9 Å². The van der Waals surface area contributed by atoms with Crippen molar-refractivity contribution in [2.24, 2.45) is 0 Å². The second kappa shape index (κ2) is 7.85. The standard InChI is InChI=1S/C20H15N3O2S2/c24-17(14-6-2-1-3-7-14)13-27-20-22-16-9-11-26-18(16)19(25)23(20)12-15-8-4-5-10-21-15/h1-11H,12-13H2. The third kappa shape index (κ3) is 3.84. The maximum Gasteiger partial charge on any atom is 0.272 e. The van der Waals surface area contributed by atoms with Crippen LogP contribution in [0.1, 0.15) is 16.1 Å². The number of carbonyl (C=O) groups excluding carboxylic acids is 1. The molecule has 0 aliphatic carbocycles. The molecule has 0 aliphatic heterocycles. The van der Waals surface area contributed by atoms with Crippen LogP contribution in [0.2, 0.25) is 0 Å². The maximum atomic E-state index is 12.9. The van der Waals surface area contributed by atoms with E-state index in [9.17, 15) is 9.59 Å². The molecule has 0 aliphatic rings. The number of Topliss-reactive ketones (excluding diaryl/α,β-unsaturated/α-hetero) is 1. The van der Waals surface area contributed by atoms with Crippen molar-refractivity contribution in [2.75, 3.05) is 5.75 Å². The van der Waals surface area contributed by atoms with Crippen LogP contribution in [0.4, 0.5) is 0 Å². The molecule has 0 radical (unpaired) electrons. The van der Waals surface area contributed by atoms with Gasteiger partial charge in [0.25, 0.3) is 5.56 Å². The average molecular weight is 393 g/mol. The number of hydrogen-bond acceptors (Lipinski definition) is 6. The third-order valence-electron chi connectivity index (χ3n) is 4.01. The highest BCUT2D eigenvalue weighted by Gasteiger charge is 2.15. The first-order valence-corrected chi connectivity index (χ1v) is 10.2. The summed E-state index contributed by atoms with van der Waals surface area (Å²) in [6.07, 6.45) is 1.70. The number of thiophene rings is 1. The number of thioether (sulfide) groups is 1. The second-order valence-corrected chi connectivity index (χ2v) is 7.68. The van der Waals surface area contributed by atoms with E-state index < -0.39 is 0 Å². The van der Waals surface area contributed by atoms with Crippen LogP contribution in [0.15, 0.2) is 76.1 Å². The van der Waals surface area contributed by atoms with Crippen molar-refractivity contribution in [3.8, 4) is 0 Å². The number of fused-ring (bicyclic) bond motifs is 1. The van der Waals surface area contributed by atoms with E-state index in [0.717, 1.165) is 5.69 Å². The summed E-state index contributed by atoms with van der Waals surface area (Å²) in [6, 6.07) is 16.6. The zero-order valence-electron chi connectivity index (χ0n) is 14.2. The van der Waals surface area contributed by atoms with E-state index in [-0.39, 0.29) is 17.1 Å². The summed E-state index contributed by atoms with van der Waals surface area (Å²) in [7, 11) is 0. The van der Waals surface area contributed by atoms with Crippen molar-refractivity contribution in [2.45, 2.75) is 11.7 Å². The Hall–Kier alpha value is -2.77. The largest absolute Gasteiger partial charge is 0.293 e. The van der Waals surface area contributed by atoms with E-state index in [1.54, 1.807) is 22.9 Å². The summed E-state index contributed by atoms with van der Waals surface area (Å²) < 4.78 is 2.22. The SMILES string of the molecule is O=C(CSc1nc2ccsc2c(=O)n1Cc1ccccn1)c1ccccc1. The molecule has 0 unspecified atom stereocenters. The summed E-state index contributed by atoms with van der Waals surface area (Å²) >= 11 is 2.66. The van der Waals surface area contributed by atoms with Gasteiger partial charge in [-0.1, -0.05) is 48.2 Å². The van der Waals surface area contributed by atoms with Crippen LogP contribution in [-0.2, 0) is 6.54 Å². The zero-order chi connectivity index (χ0) is 18.6. The van der Waals surface area contributed by atoms with Crippen molar-refractivity contribution in [3.05, 3.63) is 87.8 Å². The van der Waals surface area contributed by atoms with Gasteiger partial charge in [-0.05, 0) is 23.6 Å². The third-order valence-corrected chi connectivity index (χ3v) is 5.87. The highest BCUT2D eigenvalue weighted by Crippen LogP contribution is 2.22. The van der Waals surface area contributed by atoms with Crippen molar-refractivity contribution < 1.29 is 4.79 Å². The van der Waals surface area contributed by atoms with Crippen LogP contribution in [-0.4, -0.2) is 26.1 Å². The molecule has 0 bridgehead atoms. The molecule has 0 amide bonds. The number of aromatic nitrogens is 3. The van der Waals surface area contributed by atoms with Gasteiger partial charge in [-0.3, -0.25) is 19.1 Å². The van der Waals surface area contributed by atoms with Gasteiger partial charge in [0.05, 0.1) is 23.5 Å². The lowest BCUT2D eigenvalue weighted by molar-refractivity contribution is 0.102. The Morgan fingerprint density at radius 3 is 2.67 bits per heavy atom. The van der Waals surface area contributed by atoms with Gasteiger partial charge < -0.3 is 0 Å². The highest BCUT2D eigenvalue weighted by molar-refractivity contribution is 7.99. The first-order chi connectivity index (χ1) is 13.2. The Balaban J connectivity index is 1.67. The lowest BCUT2D eigenvalue weighted by Gasteiger charge is -2.11. The Kier molecular flexibility index (Phi) is 5.13. The zero-order valence-corrected chi connectivity index (χ0v) is 15.9. The van der Waals surface area contributed by atoms with E-state index in [4.69, 9.17) is 0 Å². The minimum Gasteiger partial charge on any atom is -0.293 e. The van der Waals surface area contributed by atoms with E-state index in [0.29, 0.717) is 27.5 Å². The number of rotatable bonds is 6. The van der Waals surface area contributed by atoms with Crippen molar-refractivity contribution >= 4 is 39.1 Å². The number of pyridine rings is 1. The van der Waals surface area contributed by atoms with Gasteiger partial charge in [0.1, 0.15) is 4.70 Å². The van der Waals surface area contributed by atoms with Gasteiger partial charge in [-0.15, -0.1) is 11.3 Å². The van der Waals surface area contributed by atoms with Crippen molar-refractivity contribution in [1.82, 2.24) is 14.5 Å². The first-order valence-electron chi connectivity index (χ1n) is 8.31. The predicted molar refractivity (Wildman–Crippen MR) is 109 cm³/mol. The molecule has 0 saturated carbocycles. The smallest absolute Gasteiger partial charge is 0.272 e. The minimum absolute atomic E-state index is 0.00431. The maximum absolute atomic E-state index is 12.9. The normalized spacial score (nSPS) is 11.0. The number of hydrogen-bond donors (Lipinski definition) is 0. The molecule has 4 rings (SSSR count). The number of ketones is 1. The van der Waals surface area contributed by atoms with Gasteiger partial charge in [-0.25, -0.2) is 4.98 Å². The molecule has 1 aromatic carbocycles. The van der Waals surface area contributed by atoms with Crippen LogP contribution in [0.3, 0.4) is 0 Å². The molecular formula is C20H15N3O2S2. The van der Waals surface area contributed by atoms with Crippen molar-refractivity contribution in [3.63, 3.8) is 0 Å². The minimum atomic E-state index is -0.102. The van der Waals surface area contributed by atoms with E-state index in [1.807, 2.05) is 47.8 Å². The number of nitrogens with zero attached hydrogens (tertiary/aromatic N) is 3. The fraction of sp³-hybridized carbons (Fsp3) is 0.100. The Bertz CT molecular complexity index is 1140. The topological polar surface area (TPSA) is 64.8 Å². The Labute approximate surface area is 163 Å². The fourth-order valence-corrected chi connectivity index (χ4v) is 4.34. The summed E-state index contributed by atoms with van der Waals surface area (Å²) in [5, 5.41) is 2.38. The second-order valence-electron chi connectivity index (χ2n) is 5.82. The predicted octanol–water partition coefficient (Wildman–Crippen LogP) is 3.88. The lowest BCUT2D eigenvalue weighted by Crippen LogP contribution is -2.24. The molecular weight excluding hydrogens is 378 g/mol. The van der Waals surface area contributed by atoms with Crippen LogP contribution < -0.4 is 5.56 Å². The van der Waals surface area contributed by atoms with Gasteiger partial charge in [0, 0.05) is 11.8 Å². The van der Waals surface area contributed by atoms with Crippen LogP contribution in [0.5, 0.6) is 0 Å². The molecule has 0 atom stereocenters. The summed E-state index contributed by atoms with van der Waals surface area (Å²) in [4.78, 5) is 34.3. The van der Waals surface area contributed by atoms with Crippen molar-refractivity contribution in [1.29, 1.82) is 0 Å². The van der Waals surface area contributed by atoms with Crippen LogP contribution >= 0.6 is 23.1 Å². The van der Waals surface area contributed by atoms with Gasteiger partial charge >= 0.3 is 0 Å². The molecule has 0 spiro atoms. The lowest BCUT2D eigenvalue weighted by atomic mass is 10.2. The van der Waals surface area contributed by atoms with E-state index in [2.05, 4.69) is 9.97 Å². The quantitative estimate of drug-likeness (QED) is 0.283. The Morgan fingerprint density at radius 2 is 1.89 bits per heavy atom. The van der Waals surface area contributed by atoms with Gasteiger partial charge in [-0.2, -0.15) is 0 Å². The molecule has 3 heterocycles. The first kappa shape index (κ1) is 17.6. The van der Waals surface area contributed by atoms with Crippen LogP contribution in [0.25, 0.3) is 10.2 Å². The highest BCUT2D eigenvalue weighted by atomic mass is 32.2. The molecule has 0 N–H and O–H groups in total. The molecule has 0 saturated heterocycles. The molecule has 7 heteroatoms. The summed E-state index contributed by atoms with van der Waals surface area (Å²) in [5.74, 6) is 0.221. The summed E-state index contributed by atoms with van der Waals surface area (Å²) in [6.45, 7) is 0.322. The summed E-state index contributed by atoms with van der Waals surface area (Å²) in [5.41, 5.74) is 1.99. The Morgan fingerprint density at radius 1 is 1.07 bits per heavy atom. The molecule has 27 heavy (non-hydrogen) atoms. The van der Waals surface area contributed by atoms with E-state index in [1.165, 1.54) is 23.1 Å². The monoisotopic (exact) mass is 393 g/mol. The number of carbonyl (C=O) groups is 1. The molecule has 3 aromatic heterocycles. The molecule has 0 fully saturated rings. The molecule has 5 nitrogen and oxygen atoms in total. The van der Waals surface area contributed by atoms with E-state index >= 15 is 0 Å². The van der Waals surface area contributed by atoms with Crippen LogP contribution in [0, 0.1) is 0 Å². The average Bonchev–Trinajstić information content (AvgIpc) is 3.19. The fourth-order valence-electron chi connectivity index (χ4n) is 2.66.